The summed E-state index contributed by atoms with van der Waals surface area (Å²) >= 11 is 18.2. The Labute approximate surface area is 176 Å². The first-order valence-corrected chi connectivity index (χ1v) is 10.00. The van der Waals surface area contributed by atoms with E-state index < -0.39 is 27.9 Å². The van der Waals surface area contributed by atoms with Crippen LogP contribution >= 0.6 is 46.6 Å². The molecule has 1 N–H and O–H groups in total. The Morgan fingerprint density at radius 3 is 2.67 bits per heavy atom. The Morgan fingerprint density at radius 1 is 1.44 bits per heavy atom. The van der Waals surface area contributed by atoms with Gasteiger partial charge in [0.2, 0.25) is 9.70 Å². The number of nitrogens with one attached hydrogen (secondary N) is 1. The van der Waals surface area contributed by atoms with Crippen LogP contribution < -0.4 is 5.32 Å². The molecule has 2 atom stereocenters. The summed E-state index contributed by atoms with van der Waals surface area (Å²) in [4.78, 5) is 38.5. The molecule has 0 saturated heterocycles. The monoisotopic (exact) mass is 456 g/mol. The van der Waals surface area contributed by atoms with Crippen LogP contribution in [0.3, 0.4) is 0 Å². The topological polar surface area (TPSA) is 84.9 Å². The molecule has 2 rings (SSSR count). The predicted molar refractivity (Wildman–Crippen MR) is 104 cm³/mol. The van der Waals surface area contributed by atoms with Crippen molar-refractivity contribution in [2.75, 3.05) is 26.0 Å². The SMILES string of the molecule is COC(=O)C1(C)CN(C(=O)OCC(Cl)(Cl)Cl)C=CC1C1=C(C)NC(=O)CS1. The van der Waals surface area contributed by atoms with Crippen LogP contribution in [0.25, 0.3) is 0 Å². The van der Waals surface area contributed by atoms with Gasteiger partial charge in [-0.3, -0.25) is 14.5 Å². The van der Waals surface area contributed by atoms with Crippen LogP contribution in [0.4, 0.5) is 4.79 Å². The number of nitrogens with zero attached hydrogens (tertiary/aromatic N) is 1. The Bertz CT molecular complexity index is 707. The number of thioether (sulfide) groups is 1. The van der Waals surface area contributed by atoms with Gasteiger partial charge in [-0.05, 0) is 13.8 Å². The summed E-state index contributed by atoms with van der Waals surface area (Å²) in [5, 5.41) is 2.78. The molecule has 11 heteroatoms. The summed E-state index contributed by atoms with van der Waals surface area (Å²) in [6, 6.07) is 0. The average molecular weight is 458 g/mol. The second-order valence-electron chi connectivity index (χ2n) is 6.35. The van der Waals surface area contributed by atoms with E-state index in [1.54, 1.807) is 19.9 Å². The lowest BCUT2D eigenvalue weighted by Gasteiger charge is -2.41. The van der Waals surface area contributed by atoms with E-state index in [1.807, 2.05) is 0 Å². The van der Waals surface area contributed by atoms with E-state index in [4.69, 9.17) is 44.3 Å². The Hall–Kier alpha value is -1.09. The van der Waals surface area contributed by atoms with Gasteiger partial charge in [-0.1, -0.05) is 40.9 Å². The number of carbonyl (C=O) groups excluding carboxylic acids is 3. The summed E-state index contributed by atoms with van der Waals surface area (Å²) in [7, 11) is 1.28. The third-order valence-electron chi connectivity index (χ3n) is 4.23. The van der Waals surface area contributed by atoms with Crippen LogP contribution in [-0.4, -0.2) is 52.7 Å². The smallest absolute Gasteiger partial charge is 0.413 e. The first kappa shape index (κ1) is 22.2. The second kappa shape index (κ2) is 8.51. The molecule has 0 aromatic heterocycles. The minimum atomic E-state index is -1.73. The van der Waals surface area contributed by atoms with Crippen molar-refractivity contribution >= 4 is 64.5 Å². The number of ether oxygens (including phenoxy) is 2. The quantitative estimate of drug-likeness (QED) is 0.517. The van der Waals surface area contributed by atoms with Gasteiger partial charge in [0.15, 0.2) is 0 Å². The number of halogens is 3. The lowest BCUT2D eigenvalue weighted by Crippen LogP contribution is -2.50. The van der Waals surface area contributed by atoms with Crippen LogP contribution in [0.1, 0.15) is 13.8 Å². The number of rotatable bonds is 3. The van der Waals surface area contributed by atoms with Crippen molar-refractivity contribution in [1.29, 1.82) is 0 Å². The molecule has 2 aliphatic heterocycles. The number of carbonyl (C=O) groups is 3. The molecule has 2 amide bonds. The highest BCUT2D eigenvalue weighted by molar-refractivity contribution is 8.03. The summed E-state index contributed by atoms with van der Waals surface area (Å²) in [6.07, 6.45) is 2.48. The molecule has 2 unspecified atom stereocenters. The zero-order valence-corrected chi connectivity index (χ0v) is 18.0. The zero-order valence-electron chi connectivity index (χ0n) is 14.9. The molecule has 150 valence electrons. The molecular formula is C16H19Cl3N2O5S. The van der Waals surface area contributed by atoms with E-state index in [0.717, 1.165) is 4.91 Å². The normalized spacial score (nSPS) is 25.9. The lowest BCUT2D eigenvalue weighted by molar-refractivity contribution is -0.154. The van der Waals surface area contributed by atoms with E-state index in [0.29, 0.717) is 5.70 Å². The minimum absolute atomic E-state index is 0.00478. The van der Waals surface area contributed by atoms with Gasteiger partial charge in [-0.15, -0.1) is 11.8 Å². The zero-order chi connectivity index (χ0) is 20.4. The van der Waals surface area contributed by atoms with Gasteiger partial charge in [0, 0.05) is 29.3 Å². The first-order valence-electron chi connectivity index (χ1n) is 7.88. The maximum atomic E-state index is 12.6. The van der Waals surface area contributed by atoms with Crippen LogP contribution in [0, 0.1) is 11.3 Å². The van der Waals surface area contributed by atoms with Gasteiger partial charge in [0.25, 0.3) is 0 Å². The lowest BCUT2D eigenvalue weighted by atomic mass is 9.74. The molecule has 0 bridgehead atoms. The van der Waals surface area contributed by atoms with Gasteiger partial charge in [-0.2, -0.15) is 0 Å². The molecule has 0 aliphatic carbocycles. The fourth-order valence-electron chi connectivity index (χ4n) is 2.94. The Kier molecular flexibility index (Phi) is 7.00. The molecule has 27 heavy (non-hydrogen) atoms. The molecule has 7 nitrogen and oxygen atoms in total. The number of alkyl halides is 3. The summed E-state index contributed by atoms with van der Waals surface area (Å²) < 4.78 is 8.23. The molecule has 0 spiro atoms. The van der Waals surface area contributed by atoms with Gasteiger partial charge < -0.3 is 14.8 Å². The van der Waals surface area contributed by atoms with E-state index >= 15 is 0 Å². The molecular weight excluding hydrogens is 439 g/mol. The van der Waals surface area contributed by atoms with Crippen molar-refractivity contribution < 1.29 is 23.9 Å². The Balaban J connectivity index is 2.30. The maximum Gasteiger partial charge on any atom is 0.413 e. The van der Waals surface area contributed by atoms with Crippen molar-refractivity contribution in [1.82, 2.24) is 10.2 Å². The van der Waals surface area contributed by atoms with Gasteiger partial charge in [0.1, 0.15) is 6.61 Å². The highest BCUT2D eigenvalue weighted by Crippen LogP contribution is 2.45. The standard InChI is InChI=1S/C16H19Cl3N2O5S/c1-9-12(27-6-11(22)20-9)10-4-5-21(7-15(10,2)13(23)25-3)14(24)26-8-16(17,18)19/h4-5,10H,6-8H2,1-3H3,(H,20,22). The van der Waals surface area contributed by atoms with Gasteiger partial charge in [0.05, 0.1) is 18.3 Å². The van der Waals surface area contributed by atoms with E-state index in [2.05, 4.69) is 5.32 Å². The fraction of sp³-hybridized carbons (Fsp3) is 0.562. The minimum Gasteiger partial charge on any atom is -0.469 e. The van der Waals surface area contributed by atoms with Crippen LogP contribution in [-0.2, 0) is 19.1 Å². The van der Waals surface area contributed by atoms with Crippen molar-refractivity contribution in [2.45, 2.75) is 17.6 Å². The van der Waals surface area contributed by atoms with Crippen molar-refractivity contribution in [3.63, 3.8) is 0 Å². The van der Waals surface area contributed by atoms with Crippen molar-refractivity contribution in [3.05, 3.63) is 22.9 Å². The number of allylic oxidation sites excluding steroid dienone is 3. The number of amides is 2. The van der Waals surface area contributed by atoms with Crippen molar-refractivity contribution in [3.8, 4) is 0 Å². The largest absolute Gasteiger partial charge is 0.469 e. The maximum absolute atomic E-state index is 12.6. The molecule has 0 radical (unpaired) electrons. The molecule has 0 aromatic rings. The molecule has 0 saturated carbocycles. The fourth-order valence-corrected chi connectivity index (χ4v) is 4.25. The van der Waals surface area contributed by atoms with Gasteiger partial charge >= 0.3 is 12.1 Å². The number of hydrogen-bond acceptors (Lipinski definition) is 6. The summed E-state index contributed by atoms with van der Waals surface area (Å²) in [5.41, 5.74) is -0.415. The molecule has 0 aromatic carbocycles. The van der Waals surface area contributed by atoms with Crippen LogP contribution in [0.15, 0.2) is 22.9 Å². The van der Waals surface area contributed by atoms with Crippen molar-refractivity contribution in [2.24, 2.45) is 11.3 Å². The number of hydrogen-bond donors (Lipinski definition) is 1. The van der Waals surface area contributed by atoms with E-state index in [-0.39, 0.29) is 24.1 Å². The third-order valence-corrected chi connectivity index (χ3v) is 5.83. The summed E-state index contributed by atoms with van der Waals surface area (Å²) in [6.45, 7) is 3.04. The van der Waals surface area contributed by atoms with Gasteiger partial charge in [-0.25, -0.2) is 4.79 Å². The first-order chi connectivity index (χ1) is 12.5. The Morgan fingerprint density at radius 2 is 2.11 bits per heavy atom. The van der Waals surface area contributed by atoms with E-state index in [1.165, 1.54) is 30.0 Å². The van der Waals surface area contributed by atoms with Crippen LogP contribution in [0.2, 0.25) is 0 Å². The highest BCUT2D eigenvalue weighted by atomic mass is 35.6. The predicted octanol–water partition coefficient (Wildman–Crippen LogP) is 3.21. The third kappa shape index (κ3) is 5.25. The number of esters is 1. The highest BCUT2D eigenvalue weighted by Gasteiger charge is 2.48. The van der Waals surface area contributed by atoms with E-state index in [9.17, 15) is 14.4 Å². The average Bonchev–Trinajstić information content (AvgIpc) is 2.58. The second-order valence-corrected chi connectivity index (χ2v) is 9.89. The summed E-state index contributed by atoms with van der Waals surface area (Å²) in [5.74, 6) is -0.720. The molecule has 2 aliphatic rings. The molecule has 2 heterocycles. The molecule has 0 fully saturated rings. The number of methoxy groups -OCH3 is 1. The van der Waals surface area contributed by atoms with Crippen LogP contribution in [0.5, 0.6) is 0 Å².